The second kappa shape index (κ2) is 6.93. The number of hydrogen-bond donors (Lipinski definition) is 2. The maximum atomic E-state index is 13.0. The van der Waals surface area contributed by atoms with Gasteiger partial charge in [0.25, 0.3) is 5.91 Å². The Balaban J connectivity index is 2.40. The molecule has 0 spiro atoms. The average Bonchev–Trinajstić information content (AvgIpc) is 2.52. The third-order valence-electron chi connectivity index (χ3n) is 5.10. The van der Waals surface area contributed by atoms with Crippen molar-refractivity contribution in [3.8, 4) is 5.75 Å². The topological polar surface area (TPSA) is 77.8 Å². The molecule has 1 fully saturated rings. The molecule has 1 amide bonds. The Morgan fingerprint density at radius 1 is 0.962 bits per heavy atom. The number of phenols is 1. The predicted octanol–water partition coefficient (Wildman–Crippen LogP) is 3.92. The lowest BCUT2D eigenvalue weighted by Crippen LogP contribution is -2.40. The summed E-state index contributed by atoms with van der Waals surface area (Å²) >= 11 is 0. The van der Waals surface area contributed by atoms with Crippen molar-refractivity contribution in [2.75, 3.05) is 13.1 Å². The van der Waals surface area contributed by atoms with Crippen LogP contribution in [0.2, 0.25) is 0 Å². The first-order chi connectivity index (χ1) is 11.8. The lowest BCUT2D eigenvalue weighted by Gasteiger charge is -2.32. The standard InChI is InChI=1S/C21H31NO4/c1-20(2,3)15-11-14(12-16(17(15)23)21(4,5)6)18(24)22-9-7-13(8-10-22)19(25)26/h11-13,23H,7-10H2,1-6H3,(H,25,26). The fourth-order valence-corrected chi connectivity index (χ4v) is 3.41. The van der Waals surface area contributed by atoms with Crippen LogP contribution in [-0.2, 0) is 15.6 Å². The van der Waals surface area contributed by atoms with Crippen LogP contribution in [-0.4, -0.2) is 40.1 Å². The van der Waals surface area contributed by atoms with Gasteiger partial charge >= 0.3 is 5.97 Å². The van der Waals surface area contributed by atoms with Crippen LogP contribution in [0.3, 0.4) is 0 Å². The van der Waals surface area contributed by atoms with E-state index in [-0.39, 0.29) is 28.4 Å². The largest absolute Gasteiger partial charge is 0.507 e. The fourth-order valence-electron chi connectivity index (χ4n) is 3.41. The molecule has 1 aliphatic heterocycles. The number of amides is 1. The van der Waals surface area contributed by atoms with Crippen molar-refractivity contribution in [1.82, 2.24) is 4.90 Å². The summed E-state index contributed by atoms with van der Waals surface area (Å²) in [5.74, 6) is -0.989. The Morgan fingerprint density at radius 2 is 1.38 bits per heavy atom. The number of aliphatic carboxylic acids is 1. The van der Waals surface area contributed by atoms with Crippen molar-refractivity contribution in [2.24, 2.45) is 5.92 Å². The zero-order valence-corrected chi connectivity index (χ0v) is 16.7. The first-order valence-electron chi connectivity index (χ1n) is 9.22. The summed E-state index contributed by atoms with van der Waals surface area (Å²) < 4.78 is 0. The molecule has 1 aromatic carbocycles. The van der Waals surface area contributed by atoms with E-state index in [0.717, 1.165) is 11.1 Å². The number of nitrogens with zero attached hydrogens (tertiary/aromatic N) is 1. The molecule has 1 saturated heterocycles. The fraction of sp³-hybridized carbons (Fsp3) is 0.619. The third-order valence-corrected chi connectivity index (χ3v) is 5.10. The Kier molecular flexibility index (Phi) is 5.41. The van der Waals surface area contributed by atoms with Crippen LogP contribution in [0.25, 0.3) is 0 Å². The van der Waals surface area contributed by atoms with Crippen molar-refractivity contribution < 1.29 is 19.8 Å². The highest BCUT2D eigenvalue weighted by atomic mass is 16.4. The molecule has 2 N–H and O–H groups in total. The maximum Gasteiger partial charge on any atom is 0.306 e. The van der Waals surface area contributed by atoms with E-state index in [4.69, 9.17) is 5.11 Å². The minimum atomic E-state index is -0.785. The second-order valence-corrected chi connectivity index (χ2v) is 9.32. The summed E-state index contributed by atoms with van der Waals surface area (Å²) in [6.07, 6.45) is 0.967. The van der Waals surface area contributed by atoms with Crippen LogP contribution >= 0.6 is 0 Å². The highest BCUT2D eigenvalue weighted by molar-refractivity contribution is 5.95. The summed E-state index contributed by atoms with van der Waals surface area (Å²) in [5.41, 5.74) is 1.49. The number of carboxylic acids is 1. The van der Waals surface area contributed by atoms with E-state index in [2.05, 4.69) is 0 Å². The Bertz CT molecular complexity index is 667. The monoisotopic (exact) mass is 361 g/mol. The molecular weight excluding hydrogens is 330 g/mol. The minimum Gasteiger partial charge on any atom is -0.507 e. The molecule has 0 saturated carbocycles. The van der Waals surface area contributed by atoms with Crippen molar-refractivity contribution in [1.29, 1.82) is 0 Å². The van der Waals surface area contributed by atoms with Gasteiger partial charge in [0.15, 0.2) is 0 Å². The molecular formula is C21H31NO4. The van der Waals surface area contributed by atoms with Crippen LogP contribution < -0.4 is 0 Å². The number of aromatic hydroxyl groups is 1. The van der Waals surface area contributed by atoms with Crippen LogP contribution in [0.5, 0.6) is 5.75 Å². The number of likely N-dealkylation sites (tertiary alicyclic amines) is 1. The molecule has 0 bridgehead atoms. The van der Waals surface area contributed by atoms with Gasteiger partial charge in [0, 0.05) is 29.8 Å². The minimum absolute atomic E-state index is 0.0927. The van der Waals surface area contributed by atoms with E-state index in [1.807, 2.05) is 41.5 Å². The third kappa shape index (κ3) is 4.19. The second-order valence-electron chi connectivity index (χ2n) is 9.32. The Labute approximate surface area is 156 Å². The molecule has 1 aliphatic rings. The zero-order valence-electron chi connectivity index (χ0n) is 16.7. The van der Waals surface area contributed by atoms with Crippen LogP contribution in [0.15, 0.2) is 12.1 Å². The molecule has 0 unspecified atom stereocenters. The Hall–Kier alpha value is -2.04. The van der Waals surface area contributed by atoms with E-state index < -0.39 is 5.97 Å². The van der Waals surface area contributed by atoms with Crippen molar-refractivity contribution in [3.63, 3.8) is 0 Å². The number of benzene rings is 1. The van der Waals surface area contributed by atoms with Gasteiger partial charge in [0.05, 0.1) is 5.92 Å². The molecule has 0 radical (unpaired) electrons. The van der Waals surface area contributed by atoms with E-state index in [1.165, 1.54) is 0 Å². The first-order valence-corrected chi connectivity index (χ1v) is 9.22. The lowest BCUT2D eigenvalue weighted by molar-refractivity contribution is -0.143. The average molecular weight is 361 g/mol. The summed E-state index contributed by atoms with van der Waals surface area (Å²) in [7, 11) is 0. The van der Waals surface area contributed by atoms with E-state index in [0.29, 0.717) is 31.5 Å². The number of carbonyl (C=O) groups is 2. The number of carbonyl (C=O) groups excluding carboxylic acids is 1. The maximum absolute atomic E-state index is 13.0. The molecule has 2 rings (SSSR count). The molecule has 0 aliphatic carbocycles. The van der Waals surface area contributed by atoms with Gasteiger partial charge in [-0.2, -0.15) is 0 Å². The first kappa shape index (κ1) is 20.3. The predicted molar refractivity (Wildman–Crippen MR) is 102 cm³/mol. The van der Waals surface area contributed by atoms with Gasteiger partial charge in [-0.05, 0) is 35.8 Å². The number of hydrogen-bond acceptors (Lipinski definition) is 3. The van der Waals surface area contributed by atoms with Crippen molar-refractivity contribution >= 4 is 11.9 Å². The summed E-state index contributed by atoms with van der Waals surface area (Å²) in [6, 6.07) is 3.58. The van der Waals surface area contributed by atoms with Gasteiger partial charge in [-0.1, -0.05) is 41.5 Å². The molecule has 1 heterocycles. The SMILES string of the molecule is CC(C)(C)c1cc(C(=O)N2CCC(C(=O)O)CC2)cc(C(C)(C)C)c1O. The number of carboxylic acid groups (broad SMARTS) is 1. The van der Waals surface area contributed by atoms with Gasteiger partial charge < -0.3 is 15.1 Å². The van der Waals surface area contributed by atoms with Crippen molar-refractivity contribution in [3.05, 3.63) is 28.8 Å². The molecule has 144 valence electrons. The van der Waals surface area contributed by atoms with Crippen LogP contribution in [0, 0.1) is 5.92 Å². The Morgan fingerprint density at radius 3 is 1.73 bits per heavy atom. The molecule has 1 aromatic rings. The van der Waals surface area contributed by atoms with Gasteiger partial charge in [-0.15, -0.1) is 0 Å². The zero-order chi connectivity index (χ0) is 19.9. The van der Waals surface area contributed by atoms with Crippen LogP contribution in [0.1, 0.15) is 75.9 Å². The highest BCUT2D eigenvalue weighted by Crippen LogP contribution is 2.40. The molecule has 0 atom stereocenters. The van der Waals surface area contributed by atoms with Gasteiger partial charge in [-0.3, -0.25) is 9.59 Å². The van der Waals surface area contributed by atoms with E-state index in [1.54, 1.807) is 17.0 Å². The molecule has 26 heavy (non-hydrogen) atoms. The summed E-state index contributed by atoms with van der Waals surface area (Å²) in [4.78, 5) is 25.9. The molecule has 5 heteroatoms. The van der Waals surface area contributed by atoms with Crippen molar-refractivity contribution in [2.45, 2.75) is 65.2 Å². The summed E-state index contributed by atoms with van der Waals surface area (Å²) in [6.45, 7) is 13.0. The van der Waals surface area contributed by atoms with E-state index in [9.17, 15) is 14.7 Å². The van der Waals surface area contributed by atoms with Gasteiger partial charge in [0.1, 0.15) is 5.75 Å². The quantitative estimate of drug-likeness (QED) is 0.837. The number of piperidine rings is 1. The van der Waals surface area contributed by atoms with Crippen LogP contribution in [0.4, 0.5) is 0 Å². The highest BCUT2D eigenvalue weighted by Gasteiger charge is 2.31. The van der Waals surface area contributed by atoms with E-state index >= 15 is 0 Å². The smallest absolute Gasteiger partial charge is 0.306 e. The van der Waals surface area contributed by atoms with Gasteiger partial charge in [-0.25, -0.2) is 0 Å². The number of phenolic OH excluding ortho intramolecular Hbond substituents is 1. The molecule has 0 aromatic heterocycles. The molecule has 5 nitrogen and oxygen atoms in total. The number of rotatable bonds is 2. The lowest BCUT2D eigenvalue weighted by atomic mass is 9.78. The summed E-state index contributed by atoms with van der Waals surface area (Å²) in [5, 5.41) is 19.9. The normalized spacial score (nSPS) is 16.6. The van der Waals surface area contributed by atoms with Gasteiger partial charge in [0.2, 0.25) is 0 Å².